The molecule has 0 spiro atoms. The Morgan fingerprint density at radius 3 is 2.85 bits per heavy atom. The minimum Gasteiger partial charge on any atom is -0.494 e. The van der Waals surface area contributed by atoms with E-state index < -0.39 is 0 Å². The van der Waals surface area contributed by atoms with E-state index in [0.29, 0.717) is 23.4 Å². The van der Waals surface area contributed by atoms with E-state index in [9.17, 15) is 10.5 Å². The molecule has 0 N–H and O–H groups in total. The minimum atomic E-state index is 0.188. The Morgan fingerprint density at radius 2 is 2.11 bits per heavy atom. The summed E-state index contributed by atoms with van der Waals surface area (Å²) in [5.74, 6) is 0.599. The molecule has 8 nitrogen and oxygen atoms in total. The first-order valence-corrected chi connectivity index (χ1v) is 8.81. The van der Waals surface area contributed by atoms with Gasteiger partial charge in [-0.25, -0.2) is 4.52 Å². The average Bonchev–Trinajstić information content (AvgIpc) is 3.30. The highest BCUT2D eigenvalue weighted by molar-refractivity contribution is 5.75. The lowest BCUT2D eigenvalue weighted by molar-refractivity contribution is 0.231. The van der Waals surface area contributed by atoms with Crippen LogP contribution in [0, 0.1) is 29.7 Å². The Hall–Kier alpha value is -3.52. The summed E-state index contributed by atoms with van der Waals surface area (Å²) in [5.41, 5.74) is 4.08. The fourth-order valence-corrected chi connectivity index (χ4v) is 3.79. The van der Waals surface area contributed by atoms with E-state index in [1.165, 1.54) is 6.20 Å². The number of hydrogen-bond donors (Lipinski definition) is 0. The van der Waals surface area contributed by atoms with Crippen LogP contribution in [-0.4, -0.2) is 44.5 Å². The Labute approximate surface area is 156 Å². The van der Waals surface area contributed by atoms with Gasteiger partial charge < -0.3 is 9.64 Å². The molecule has 4 rings (SSSR count). The van der Waals surface area contributed by atoms with Crippen molar-refractivity contribution in [3.8, 4) is 29.1 Å². The van der Waals surface area contributed by atoms with Crippen molar-refractivity contribution < 1.29 is 4.74 Å². The summed E-state index contributed by atoms with van der Waals surface area (Å²) in [4.78, 5) is 1.79. The summed E-state index contributed by atoms with van der Waals surface area (Å²) in [5, 5.41) is 27.3. The number of pyridine rings is 1. The summed E-state index contributed by atoms with van der Waals surface area (Å²) in [6.07, 6.45) is 9.50. The number of methoxy groups -OCH3 is 1. The van der Waals surface area contributed by atoms with Crippen molar-refractivity contribution in [2.45, 2.75) is 25.8 Å². The van der Waals surface area contributed by atoms with Crippen LogP contribution in [0.5, 0.6) is 5.75 Å². The third-order valence-electron chi connectivity index (χ3n) is 5.16. The molecule has 0 unspecified atom stereocenters. The highest BCUT2D eigenvalue weighted by Gasteiger charge is 2.24. The van der Waals surface area contributed by atoms with E-state index >= 15 is 0 Å². The van der Waals surface area contributed by atoms with Crippen LogP contribution in [0.3, 0.4) is 0 Å². The molecule has 1 fully saturated rings. The zero-order valence-corrected chi connectivity index (χ0v) is 15.3. The van der Waals surface area contributed by atoms with Crippen LogP contribution in [0.25, 0.3) is 16.6 Å². The van der Waals surface area contributed by atoms with Crippen LogP contribution in [0.1, 0.15) is 30.1 Å². The molecule has 27 heavy (non-hydrogen) atoms. The molecule has 0 amide bonds. The molecule has 4 heterocycles. The van der Waals surface area contributed by atoms with Crippen molar-refractivity contribution in [3.63, 3.8) is 0 Å². The Balaban J connectivity index is 1.76. The number of rotatable bonds is 3. The molecule has 1 atom stereocenters. The lowest BCUT2D eigenvalue weighted by Gasteiger charge is -2.29. The molecule has 1 aliphatic heterocycles. The molecule has 0 aliphatic carbocycles. The lowest BCUT2D eigenvalue weighted by Crippen LogP contribution is -2.34. The van der Waals surface area contributed by atoms with Crippen molar-refractivity contribution in [2.24, 2.45) is 0 Å². The van der Waals surface area contributed by atoms with Crippen molar-refractivity contribution >= 4 is 5.52 Å². The van der Waals surface area contributed by atoms with Gasteiger partial charge in [0.1, 0.15) is 22.9 Å². The van der Waals surface area contributed by atoms with Gasteiger partial charge in [-0.15, -0.1) is 0 Å². The molecule has 0 radical (unpaired) electrons. The standard InChI is InChI=1S/C19H19N7O/c1-13-17(9-23-26(13)16-4-3-5-24(11-16)12-21)14-6-18(27-2)19-15(7-20)8-22-25(19)10-14/h6,8-10,16H,3-5,11H2,1-2H3/t16-/m0/s1. The first kappa shape index (κ1) is 16.9. The number of fused-ring (bicyclic) bond motifs is 1. The van der Waals surface area contributed by atoms with Crippen LogP contribution in [-0.2, 0) is 0 Å². The molecular weight excluding hydrogens is 342 g/mol. The topological polar surface area (TPSA) is 95.2 Å². The van der Waals surface area contributed by atoms with E-state index in [1.807, 2.05) is 30.1 Å². The molecule has 1 aliphatic rings. The number of nitriles is 2. The van der Waals surface area contributed by atoms with Crippen molar-refractivity contribution in [1.29, 1.82) is 10.5 Å². The first-order chi connectivity index (χ1) is 13.2. The zero-order chi connectivity index (χ0) is 19.0. The zero-order valence-electron chi connectivity index (χ0n) is 15.3. The summed E-state index contributed by atoms with van der Waals surface area (Å²) >= 11 is 0. The molecule has 0 saturated carbocycles. The van der Waals surface area contributed by atoms with Crippen LogP contribution >= 0.6 is 0 Å². The summed E-state index contributed by atoms with van der Waals surface area (Å²) in [7, 11) is 1.59. The number of ether oxygens (including phenoxy) is 1. The number of aromatic nitrogens is 4. The SMILES string of the molecule is COc1cc(-c2cnn([C@H]3CCCN(C#N)C3)c2C)cn2ncc(C#N)c12. The maximum atomic E-state index is 9.27. The molecule has 8 heteroatoms. The third-order valence-corrected chi connectivity index (χ3v) is 5.16. The molecule has 136 valence electrons. The van der Waals surface area contributed by atoms with Gasteiger partial charge in [0, 0.05) is 29.6 Å². The maximum absolute atomic E-state index is 9.27. The largest absolute Gasteiger partial charge is 0.494 e. The van der Waals surface area contributed by atoms with Gasteiger partial charge in [0.05, 0.1) is 32.1 Å². The quantitative estimate of drug-likeness (QED) is 0.665. The average molecular weight is 361 g/mol. The molecule has 0 bridgehead atoms. The van der Waals surface area contributed by atoms with E-state index in [2.05, 4.69) is 22.5 Å². The monoisotopic (exact) mass is 361 g/mol. The number of piperidine rings is 1. The predicted octanol–water partition coefficient (Wildman–Crippen LogP) is 2.50. The maximum Gasteiger partial charge on any atom is 0.179 e. The van der Waals surface area contributed by atoms with Crippen molar-refractivity contribution in [2.75, 3.05) is 20.2 Å². The molecule has 3 aromatic rings. The van der Waals surface area contributed by atoms with Gasteiger partial charge in [0.15, 0.2) is 6.19 Å². The van der Waals surface area contributed by atoms with Crippen LogP contribution in [0.2, 0.25) is 0 Å². The van der Waals surface area contributed by atoms with Crippen molar-refractivity contribution in [3.05, 3.63) is 35.9 Å². The molecule has 1 saturated heterocycles. The summed E-state index contributed by atoms with van der Waals surface area (Å²) in [6.45, 7) is 3.54. The second-order valence-corrected chi connectivity index (χ2v) is 6.69. The van der Waals surface area contributed by atoms with Gasteiger partial charge in [-0.3, -0.25) is 4.68 Å². The fourth-order valence-electron chi connectivity index (χ4n) is 3.79. The summed E-state index contributed by atoms with van der Waals surface area (Å²) in [6, 6.07) is 4.24. The van der Waals surface area contributed by atoms with Gasteiger partial charge in [-0.1, -0.05) is 0 Å². The van der Waals surface area contributed by atoms with Crippen LogP contribution in [0.4, 0.5) is 0 Å². The fraction of sp³-hybridized carbons (Fsp3) is 0.368. The second-order valence-electron chi connectivity index (χ2n) is 6.69. The van der Waals surface area contributed by atoms with Gasteiger partial charge in [0.25, 0.3) is 0 Å². The van der Waals surface area contributed by atoms with Gasteiger partial charge in [0.2, 0.25) is 0 Å². The first-order valence-electron chi connectivity index (χ1n) is 8.81. The second kappa shape index (κ2) is 6.65. The van der Waals surface area contributed by atoms with E-state index in [0.717, 1.165) is 36.2 Å². The normalized spacial score (nSPS) is 16.9. The predicted molar refractivity (Wildman–Crippen MR) is 97.9 cm³/mol. The lowest BCUT2D eigenvalue weighted by atomic mass is 10.0. The Bertz CT molecular complexity index is 1080. The molecule has 0 aromatic carbocycles. The van der Waals surface area contributed by atoms with Gasteiger partial charge >= 0.3 is 0 Å². The third kappa shape index (κ3) is 2.76. The number of hydrogen-bond acceptors (Lipinski definition) is 6. The number of likely N-dealkylation sites (tertiary alicyclic amines) is 1. The smallest absolute Gasteiger partial charge is 0.179 e. The highest BCUT2D eigenvalue weighted by Crippen LogP contribution is 2.33. The van der Waals surface area contributed by atoms with Gasteiger partial charge in [-0.05, 0) is 25.8 Å². The Kier molecular flexibility index (Phi) is 4.17. The highest BCUT2D eigenvalue weighted by atomic mass is 16.5. The van der Waals surface area contributed by atoms with E-state index in [4.69, 9.17) is 4.74 Å². The minimum absolute atomic E-state index is 0.188. The van der Waals surface area contributed by atoms with Gasteiger partial charge in [-0.2, -0.15) is 20.7 Å². The van der Waals surface area contributed by atoms with E-state index in [1.54, 1.807) is 16.5 Å². The van der Waals surface area contributed by atoms with Crippen LogP contribution in [0.15, 0.2) is 24.7 Å². The summed E-state index contributed by atoms with van der Waals surface area (Å²) < 4.78 is 9.18. The number of nitrogens with zero attached hydrogens (tertiary/aromatic N) is 7. The van der Waals surface area contributed by atoms with Crippen LogP contribution < -0.4 is 4.74 Å². The van der Waals surface area contributed by atoms with E-state index in [-0.39, 0.29) is 6.04 Å². The molecule has 3 aromatic heterocycles. The van der Waals surface area contributed by atoms with Crippen molar-refractivity contribution in [1.82, 2.24) is 24.3 Å². The molecular formula is C19H19N7O. The Morgan fingerprint density at radius 1 is 1.26 bits per heavy atom.